The van der Waals surface area contributed by atoms with Gasteiger partial charge < -0.3 is 9.94 Å². The largest absolute Gasteiger partial charge is 0.480 e. The molecule has 4 nitrogen and oxygen atoms in total. The molecule has 0 saturated carbocycles. The molecular weight excluding hydrogens is 170 g/mol. The number of hydrogen-bond donors (Lipinski definition) is 1. The summed E-state index contributed by atoms with van der Waals surface area (Å²) in [6, 6.07) is -0.532. The van der Waals surface area contributed by atoms with Crippen molar-refractivity contribution in [3.8, 4) is 0 Å². The van der Waals surface area contributed by atoms with Gasteiger partial charge in [-0.3, -0.25) is 4.79 Å². The first kappa shape index (κ1) is 12.4. The van der Waals surface area contributed by atoms with E-state index in [1.54, 1.807) is 0 Å². The number of carboxylic acid groups (broad SMARTS) is 1. The number of carbonyl (C=O) groups is 1. The first-order valence-electron chi connectivity index (χ1n) is 4.56. The molecule has 0 aromatic rings. The van der Waals surface area contributed by atoms with Gasteiger partial charge in [-0.15, -0.1) is 0 Å². The average molecular weight is 189 g/mol. The predicted octanol–water partition coefficient (Wildman–Crippen LogP) is 1.37. The first-order chi connectivity index (χ1) is 6.02. The van der Waals surface area contributed by atoms with Gasteiger partial charge in [-0.25, -0.2) is 0 Å². The quantitative estimate of drug-likeness (QED) is 0.641. The minimum absolute atomic E-state index is 0.352. The van der Waals surface area contributed by atoms with Crippen molar-refractivity contribution in [1.82, 2.24) is 5.06 Å². The summed E-state index contributed by atoms with van der Waals surface area (Å²) in [4.78, 5) is 15.8. The van der Waals surface area contributed by atoms with Crippen LogP contribution >= 0.6 is 0 Å². The van der Waals surface area contributed by atoms with Gasteiger partial charge >= 0.3 is 5.97 Å². The van der Waals surface area contributed by atoms with Crippen LogP contribution in [0.4, 0.5) is 0 Å². The van der Waals surface area contributed by atoms with Crippen LogP contribution < -0.4 is 0 Å². The van der Waals surface area contributed by atoms with E-state index in [0.717, 1.165) is 0 Å². The molecule has 13 heavy (non-hydrogen) atoms. The second-order valence-corrected chi connectivity index (χ2v) is 3.40. The summed E-state index contributed by atoms with van der Waals surface area (Å²) in [5, 5.41) is 10.4. The summed E-state index contributed by atoms with van der Waals surface area (Å²) in [6.45, 7) is 6.46. The highest BCUT2D eigenvalue weighted by atomic mass is 16.7. The molecule has 0 aliphatic rings. The van der Waals surface area contributed by atoms with Crippen molar-refractivity contribution in [2.24, 2.45) is 5.92 Å². The third-order valence-corrected chi connectivity index (χ3v) is 1.87. The van der Waals surface area contributed by atoms with Gasteiger partial charge in [0.05, 0.1) is 7.11 Å². The molecule has 0 rings (SSSR count). The molecule has 0 aliphatic heterocycles. The van der Waals surface area contributed by atoms with Crippen LogP contribution in [0, 0.1) is 5.92 Å². The maximum Gasteiger partial charge on any atom is 0.323 e. The number of rotatable bonds is 6. The van der Waals surface area contributed by atoms with E-state index in [2.05, 4.69) is 0 Å². The number of hydroxylamine groups is 2. The summed E-state index contributed by atoms with van der Waals surface area (Å²) in [5.74, 6) is -0.470. The maximum absolute atomic E-state index is 10.9. The van der Waals surface area contributed by atoms with Crippen molar-refractivity contribution in [2.75, 3.05) is 13.7 Å². The Bertz CT molecular complexity index is 155. The van der Waals surface area contributed by atoms with Crippen LogP contribution in [0.1, 0.15) is 27.2 Å². The predicted molar refractivity (Wildman–Crippen MR) is 50.3 cm³/mol. The molecular formula is C9H19NO3. The fraction of sp³-hybridized carbons (Fsp3) is 0.889. The molecule has 1 N–H and O–H groups in total. The molecule has 0 saturated heterocycles. The minimum Gasteiger partial charge on any atom is -0.480 e. The Morgan fingerprint density at radius 3 is 2.31 bits per heavy atom. The highest BCUT2D eigenvalue weighted by Gasteiger charge is 2.25. The molecule has 0 heterocycles. The van der Waals surface area contributed by atoms with Crippen molar-refractivity contribution < 1.29 is 14.7 Å². The molecule has 0 aromatic heterocycles. The summed E-state index contributed by atoms with van der Waals surface area (Å²) in [5.41, 5.74) is 0. The molecule has 1 atom stereocenters. The zero-order chi connectivity index (χ0) is 10.4. The molecule has 0 aromatic carbocycles. The van der Waals surface area contributed by atoms with Gasteiger partial charge in [-0.2, -0.15) is 5.06 Å². The van der Waals surface area contributed by atoms with Crippen molar-refractivity contribution >= 4 is 5.97 Å². The molecule has 0 radical (unpaired) electrons. The smallest absolute Gasteiger partial charge is 0.323 e. The van der Waals surface area contributed by atoms with Crippen molar-refractivity contribution in [1.29, 1.82) is 0 Å². The highest BCUT2D eigenvalue weighted by molar-refractivity contribution is 5.73. The summed E-state index contributed by atoms with van der Waals surface area (Å²) >= 11 is 0. The molecule has 0 fully saturated rings. The van der Waals surface area contributed by atoms with E-state index in [-0.39, 0.29) is 0 Å². The Balaban J connectivity index is 4.30. The van der Waals surface area contributed by atoms with Crippen LogP contribution in [0.15, 0.2) is 0 Å². The highest BCUT2D eigenvalue weighted by Crippen LogP contribution is 2.11. The van der Waals surface area contributed by atoms with Crippen LogP contribution in [0.5, 0.6) is 0 Å². The molecule has 1 unspecified atom stereocenters. The SMILES string of the molecule is CCN(OC)C(CC(C)C)C(=O)O. The van der Waals surface area contributed by atoms with Gasteiger partial charge in [-0.05, 0) is 12.3 Å². The summed E-state index contributed by atoms with van der Waals surface area (Å²) < 4.78 is 0. The van der Waals surface area contributed by atoms with Gasteiger partial charge in [-0.1, -0.05) is 20.8 Å². The molecule has 0 aliphatic carbocycles. The zero-order valence-corrected chi connectivity index (χ0v) is 8.78. The lowest BCUT2D eigenvalue weighted by atomic mass is 10.0. The monoisotopic (exact) mass is 189 g/mol. The topological polar surface area (TPSA) is 49.8 Å². The maximum atomic E-state index is 10.9. The Morgan fingerprint density at radius 2 is 2.08 bits per heavy atom. The second-order valence-electron chi connectivity index (χ2n) is 3.40. The lowest BCUT2D eigenvalue weighted by Crippen LogP contribution is -2.41. The lowest BCUT2D eigenvalue weighted by Gasteiger charge is -2.26. The normalized spacial score (nSPS) is 13.7. The number of aliphatic carboxylic acids is 1. The van der Waals surface area contributed by atoms with E-state index >= 15 is 0 Å². The Labute approximate surface area is 79.4 Å². The first-order valence-corrected chi connectivity index (χ1v) is 4.56. The number of likely N-dealkylation sites (N-methyl/N-ethyl adjacent to an activating group) is 1. The van der Waals surface area contributed by atoms with E-state index in [1.807, 2.05) is 20.8 Å². The third kappa shape index (κ3) is 4.24. The van der Waals surface area contributed by atoms with Crippen molar-refractivity contribution in [2.45, 2.75) is 33.2 Å². The average Bonchev–Trinajstić information content (AvgIpc) is 2.04. The van der Waals surface area contributed by atoms with Crippen molar-refractivity contribution in [3.63, 3.8) is 0 Å². The summed E-state index contributed by atoms with van der Waals surface area (Å²) in [7, 11) is 1.50. The molecule has 0 bridgehead atoms. The van der Waals surface area contributed by atoms with Gasteiger partial charge in [0.15, 0.2) is 0 Å². The number of carboxylic acids is 1. The van der Waals surface area contributed by atoms with E-state index in [0.29, 0.717) is 18.9 Å². The zero-order valence-electron chi connectivity index (χ0n) is 8.78. The minimum atomic E-state index is -0.822. The third-order valence-electron chi connectivity index (χ3n) is 1.87. The van der Waals surface area contributed by atoms with Gasteiger partial charge in [0.2, 0.25) is 0 Å². The van der Waals surface area contributed by atoms with Crippen LogP contribution in [0.3, 0.4) is 0 Å². The van der Waals surface area contributed by atoms with Gasteiger partial charge in [0.25, 0.3) is 0 Å². The Morgan fingerprint density at radius 1 is 1.54 bits per heavy atom. The standard InChI is InChI=1S/C9H19NO3/c1-5-10(13-4)8(9(11)12)6-7(2)3/h7-8H,5-6H2,1-4H3,(H,11,12). The molecule has 0 spiro atoms. The van der Waals surface area contributed by atoms with Crippen LogP contribution in [-0.2, 0) is 9.63 Å². The fourth-order valence-corrected chi connectivity index (χ4v) is 1.26. The van der Waals surface area contributed by atoms with Crippen LogP contribution in [0.2, 0.25) is 0 Å². The lowest BCUT2D eigenvalue weighted by molar-refractivity contribution is -0.184. The van der Waals surface area contributed by atoms with E-state index in [1.165, 1.54) is 12.2 Å². The van der Waals surface area contributed by atoms with Crippen molar-refractivity contribution in [3.05, 3.63) is 0 Å². The Hall–Kier alpha value is -0.610. The molecule has 78 valence electrons. The van der Waals surface area contributed by atoms with Gasteiger partial charge in [0.1, 0.15) is 6.04 Å². The fourth-order valence-electron chi connectivity index (χ4n) is 1.26. The van der Waals surface area contributed by atoms with Crippen LogP contribution in [-0.4, -0.2) is 35.8 Å². The molecule has 0 amide bonds. The number of hydrogen-bond acceptors (Lipinski definition) is 3. The second kappa shape index (κ2) is 5.94. The van der Waals surface area contributed by atoms with Gasteiger partial charge in [0, 0.05) is 6.54 Å². The van der Waals surface area contributed by atoms with E-state index in [4.69, 9.17) is 9.94 Å². The molecule has 4 heteroatoms. The van der Waals surface area contributed by atoms with Crippen LogP contribution in [0.25, 0.3) is 0 Å². The van der Waals surface area contributed by atoms with E-state index in [9.17, 15) is 4.79 Å². The number of nitrogens with zero attached hydrogens (tertiary/aromatic N) is 1. The van der Waals surface area contributed by atoms with E-state index < -0.39 is 12.0 Å². The Kier molecular flexibility index (Phi) is 5.66. The summed E-state index contributed by atoms with van der Waals surface area (Å²) in [6.07, 6.45) is 0.608.